The van der Waals surface area contributed by atoms with Crippen LogP contribution >= 0.6 is 0 Å². The van der Waals surface area contributed by atoms with Gasteiger partial charge in [-0.25, -0.2) is 9.50 Å². The average molecular weight is 377 g/mol. The van der Waals surface area contributed by atoms with Gasteiger partial charge in [-0.15, -0.1) is 0 Å². The number of H-pyrrole nitrogens is 1. The van der Waals surface area contributed by atoms with Crippen molar-refractivity contribution in [3.63, 3.8) is 0 Å². The van der Waals surface area contributed by atoms with E-state index in [-0.39, 0.29) is 11.6 Å². The van der Waals surface area contributed by atoms with E-state index in [1.807, 2.05) is 31.2 Å². The summed E-state index contributed by atoms with van der Waals surface area (Å²) in [6.45, 7) is 3.35. The maximum atomic E-state index is 12.3. The Morgan fingerprint density at radius 2 is 2.21 bits per heavy atom. The molecule has 1 atom stereocenters. The van der Waals surface area contributed by atoms with Crippen LogP contribution < -0.4 is 5.56 Å². The van der Waals surface area contributed by atoms with Gasteiger partial charge >= 0.3 is 0 Å². The standard InChI is InChI=1S/C19H19N7O2/c1-12-9-16-21-13(10-17(27)26(16)23-12)11-25-8-4-6-15(25)19-22-18(24-28-19)14-5-2-3-7-20-14/h2-3,5,7,9-10,15,23H,4,6,8,11H2,1H3. The van der Waals surface area contributed by atoms with Crippen LogP contribution in [0.5, 0.6) is 0 Å². The minimum absolute atomic E-state index is 0.0122. The van der Waals surface area contributed by atoms with Crippen LogP contribution in [0.25, 0.3) is 17.2 Å². The molecule has 1 N–H and O–H groups in total. The van der Waals surface area contributed by atoms with Gasteiger partial charge in [0.05, 0.1) is 11.7 Å². The molecule has 0 saturated carbocycles. The van der Waals surface area contributed by atoms with Crippen LogP contribution in [0.3, 0.4) is 0 Å². The molecular formula is C19H19N7O2. The summed E-state index contributed by atoms with van der Waals surface area (Å²) in [5, 5.41) is 7.07. The molecule has 28 heavy (non-hydrogen) atoms. The number of nitrogens with zero attached hydrogens (tertiary/aromatic N) is 6. The van der Waals surface area contributed by atoms with E-state index < -0.39 is 0 Å². The molecule has 0 radical (unpaired) electrons. The number of fused-ring (bicyclic) bond motifs is 1. The van der Waals surface area contributed by atoms with Crippen LogP contribution in [0.4, 0.5) is 0 Å². The molecular weight excluding hydrogens is 358 g/mol. The van der Waals surface area contributed by atoms with E-state index in [0.29, 0.717) is 29.6 Å². The molecule has 5 rings (SSSR count). The molecule has 1 unspecified atom stereocenters. The lowest BCUT2D eigenvalue weighted by Gasteiger charge is -2.20. The van der Waals surface area contributed by atoms with Gasteiger partial charge in [0.15, 0.2) is 5.65 Å². The number of hydrogen-bond acceptors (Lipinski definition) is 7. The third-order valence-corrected chi connectivity index (χ3v) is 4.98. The van der Waals surface area contributed by atoms with Crippen molar-refractivity contribution in [3.05, 3.63) is 64.2 Å². The second-order valence-corrected chi connectivity index (χ2v) is 7.02. The van der Waals surface area contributed by atoms with Gasteiger partial charge in [0.25, 0.3) is 5.56 Å². The zero-order chi connectivity index (χ0) is 19.1. The fraction of sp³-hybridized carbons (Fsp3) is 0.316. The third-order valence-electron chi connectivity index (χ3n) is 4.98. The second kappa shape index (κ2) is 6.68. The van der Waals surface area contributed by atoms with E-state index >= 15 is 0 Å². The van der Waals surface area contributed by atoms with Crippen molar-refractivity contribution in [3.8, 4) is 11.5 Å². The largest absolute Gasteiger partial charge is 0.337 e. The Morgan fingerprint density at radius 1 is 1.29 bits per heavy atom. The molecule has 0 aromatic carbocycles. The molecule has 1 fully saturated rings. The minimum Gasteiger partial charge on any atom is -0.337 e. The third kappa shape index (κ3) is 2.99. The van der Waals surface area contributed by atoms with Crippen LogP contribution in [0.2, 0.25) is 0 Å². The van der Waals surface area contributed by atoms with Gasteiger partial charge in [0, 0.05) is 30.6 Å². The fourth-order valence-corrected chi connectivity index (χ4v) is 3.71. The molecule has 142 valence electrons. The highest BCUT2D eigenvalue weighted by molar-refractivity contribution is 5.47. The van der Waals surface area contributed by atoms with E-state index in [4.69, 9.17) is 4.52 Å². The van der Waals surface area contributed by atoms with E-state index in [2.05, 4.69) is 30.1 Å². The van der Waals surface area contributed by atoms with Crippen LogP contribution in [-0.4, -0.2) is 41.2 Å². The zero-order valence-corrected chi connectivity index (χ0v) is 15.4. The Kier molecular flexibility index (Phi) is 4.01. The molecule has 4 aromatic heterocycles. The van der Waals surface area contributed by atoms with Crippen LogP contribution in [0, 0.1) is 6.92 Å². The lowest BCUT2D eigenvalue weighted by Crippen LogP contribution is -2.25. The summed E-state index contributed by atoms with van der Waals surface area (Å²) in [4.78, 5) is 28.0. The normalized spacial score (nSPS) is 17.5. The number of hydrogen-bond donors (Lipinski definition) is 1. The number of aromatic nitrogens is 6. The molecule has 0 amide bonds. The minimum atomic E-state index is -0.112. The second-order valence-electron chi connectivity index (χ2n) is 7.02. The van der Waals surface area contributed by atoms with E-state index in [0.717, 1.165) is 30.8 Å². The Balaban J connectivity index is 1.40. The van der Waals surface area contributed by atoms with Crippen molar-refractivity contribution >= 4 is 5.65 Å². The molecule has 1 saturated heterocycles. The Morgan fingerprint density at radius 3 is 3.07 bits per heavy atom. The Bertz CT molecular complexity index is 1180. The summed E-state index contributed by atoms with van der Waals surface area (Å²) in [6.07, 6.45) is 3.65. The molecule has 9 nitrogen and oxygen atoms in total. The van der Waals surface area contributed by atoms with E-state index in [1.54, 1.807) is 12.3 Å². The monoisotopic (exact) mass is 377 g/mol. The average Bonchev–Trinajstić information content (AvgIpc) is 3.41. The predicted molar refractivity (Wildman–Crippen MR) is 100 cm³/mol. The van der Waals surface area contributed by atoms with Crippen molar-refractivity contribution < 1.29 is 4.52 Å². The zero-order valence-electron chi connectivity index (χ0n) is 15.4. The summed E-state index contributed by atoms with van der Waals surface area (Å²) < 4.78 is 6.99. The molecule has 0 aliphatic carbocycles. The van der Waals surface area contributed by atoms with Crippen LogP contribution in [-0.2, 0) is 6.54 Å². The molecule has 1 aliphatic heterocycles. The van der Waals surface area contributed by atoms with Crippen molar-refractivity contribution in [1.82, 2.24) is 34.6 Å². The van der Waals surface area contributed by atoms with Gasteiger partial charge in [-0.1, -0.05) is 11.2 Å². The molecule has 9 heteroatoms. The summed E-state index contributed by atoms with van der Waals surface area (Å²) in [6, 6.07) is 9.05. The smallest absolute Gasteiger partial charge is 0.272 e. The van der Waals surface area contributed by atoms with Crippen molar-refractivity contribution in [1.29, 1.82) is 0 Å². The van der Waals surface area contributed by atoms with Gasteiger partial charge in [-0.05, 0) is 38.4 Å². The number of rotatable bonds is 4. The fourth-order valence-electron chi connectivity index (χ4n) is 3.71. The maximum Gasteiger partial charge on any atom is 0.272 e. The van der Waals surface area contributed by atoms with Crippen LogP contribution in [0.15, 0.2) is 45.8 Å². The quantitative estimate of drug-likeness (QED) is 0.581. The SMILES string of the molecule is Cc1cc2nc(CN3CCCC3c3nc(-c4ccccn4)no3)cc(=O)n2[nH]1. The van der Waals surface area contributed by atoms with Gasteiger partial charge < -0.3 is 4.52 Å². The number of aromatic amines is 1. The highest BCUT2D eigenvalue weighted by Crippen LogP contribution is 2.32. The summed E-state index contributed by atoms with van der Waals surface area (Å²) in [5.41, 5.74) is 2.84. The molecule has 0 bridgehead atoms. The van der Waals surface area contributed by atoms with Crippen molar-refractivity contribution in [2.75, 3.05) is 6.54 Å². The molecule has 5 heterocycles. The predicted octanol–water partition coefficient (Wildman–Crippen LogP) is 2.11. The number of aryl methyl sites for hydroxylation is 1. The Hall–Kier alpha value is -3.33. The topological polar surface area (TPSA) is 105 Å². The van der Waals surface area contributed by atoms with Gasteiger partial charge in [-0.3, -0.25) is 19.8 Å². The molecule has 1 aliphatic rings. The molecule has 4 aromatic rings. The number of likely N-dealkylation sites (tertiary alicyclic amines) is 1. The lowest BCUT2D eigenvalue weighted by molar-refractivity contribution is 0.199. The first-order chi connectivity index (χ1) is 13.7. The van der Waals surface area contributed by atoms with Crippen molar-refractivity contribution in [2.24, 2.45) is 0 Å². The number of nitrogens with one attached hydrogen (secondary N) is 1. The Labute approximate surface area is 160 Å². The van der Waals surface area contributed by atoms with Gasteiger partial charge in [-0.2, -0.15) is 4.98 Å². The van der Waals surface area contributed by atoms with E-state index in [1.165, 1.54) is 4.52 Å². The summed E-state index contributed by atoms with van der Waals surface area (Å²) in [5.74, 6) is 1.07. The van der Waals surface area contributed by atoms with Crippen molar-refractivity contribution in [2.45, 2.75) is 32.4 Å². The van der Waals surface area contributed by atoms with Gasteiger partial charge in [0.1, 0.15) is 5.69 Å². The van der Waals surface area contributed by atoms with Crippen LogP contribution in [0.1, 0.15) is 36.2 Å². The number of pyridine rings is 1. The first kappa shape index (κ1) is 16.8. The van der Waals surface area contributed by atoms with Gasteiger partial charge in [0.2, 0.25) is 11.7 Å². The molecule has 0 spiro atoms. The van der Waals surface area contributed by atoms with E-state index in [9.17, 15) is 4.79 Å². The first-order valence-corrected chi connectivity index (χ1v) is 9.25. The highest BCUT2D eigenvalue weighted by Gasteiger charge is 2.31. The summed E-state index contributed by atoms with van der Waals surface area (Å²) in [7, 11) is 0. The first-order valence-electron chi connectivity index (χ1n) is 9.25. The highest BCUT2D eigenvalue weighted by atomic mass is 16.5. The lowest BCUT2D eigenvalue weighted by atomic mass is 10.2. The summed E-state index contributed by atoms with van der Waals surface area (Å²) >= 11 is 0. The maximum absolute atomic E-state index is 12.3.